The molecule has 0 radical (unpaired) electrons. The Bertz CT molecular complexity index is 307. The van der Waals surface area contributed by atoms with Crippen molar-refractivity contribution in [2.45, 2.75) is 13.0 Å². The maximum atomic E-state index is 11.9. The summed E-state index contributed by atoms with van der Waals surface area (Å²) in [5.74, 6) is 0.690. The second-order valence-electron chi connectivity index (χ2n) is 2.62. The number of thiol groups is 1. The average molecular weight is 239 g/mol. The van der Waals surface area contributed by atoms with Crippen LogP contribution in [0.15, 0.2) is 18.2 Å². The third kappa shape index (κ3) is 3.35. The Morgan fingerprint density at radius 1 is 1.43 bits per heavy atom. The first-order chi connectivity index (χ1) is 6.63. The van der Waals surface area contributed by atoms with E-state index in [9.17, 15) is 8.78 Å². The zero-order valence-corrected chi connectivity index (χ0v) is 8.86. The molecule has 0 atom stereocenters. The molecule has 0 bridgehead atoms. The Kier molecular flexibility index (Phi) is 4.48. The van der Waals surface area contributed by atoms with Gasteiger partial charge in [0.05, 0.1) is 5.02 Å². The molecule has 0 aromatic heterocycles. The summed E-state index contributed by atoms with van der Waals surface area (Å²) in [6.45, 7) is -2.84. The first kappa shape index (κ1) is 11.6. The van der Waals surface area contributed by atoms with E-state index in [1.54, 1.807) is 12.1 Å². The van der Waals surface area contributed by atoms with Crippen molar-refractivity contribution in [2.75, 3.05) is 5.75 Å². The standard InChI is InChI=1S/C9H9ClF2OS/c10-7-5-6(3-4-14)1-2-8(7)13-9(11)12/h1-2,5,9,14H,3-4H2. The molecule has 0 saturated heterocycles. The normalized spacial score (nSPS) is 10.6. The molecular formula is C9H9ClF2OS. The van der Waals surface area contributed by atoms with Crippen LogP contribution in [0.4, 0.5) is 8.78 Å². The molecule has 0 aliphatic heterocycles. The summed E-state index contributed by atoms with van der Waals surface area (Å²) in [5.41, 5.74) is 0.951. The molecule has 0 unspecified atom stereocenters. The minimum Gasteiger partial charge on any atom is -0.433 e. The van der Waals surface area contributed by atoms with Crippen LogP contribution in [0.5, 0.6) is 5.75 Å². The lowest BCUT2D eigenvalue weighted by Crippen LogP contribution is -2.02. The molecule has 0 saturated carbocycles. The smallest absolute Gasteiger partial charge is 0.387 e. The Hall–Kier alpha value is -0.480. The highest BCUT2D eigenvalue weighted by Gasteiger charge is 2.08. The zero-order chi connectivity index (χ0) is 10.6. The van der Waals surface area contributed by atoms with E-state index in [1.165, 1.54) is 6.07 Å². The van der Waals surface area contributed by atoms with Crippen molar-refractivity contribution < 1.29 is 13.5 Å². The van der Waals surface area contributed by atoms with Crippen molar-refractivity contribution in [3.8, 4) is 5.75 Å². The Balaban J connectivity index is 2.79. The molecule has 0 heterocycles. The predicted octanol–water partition coefficient (Wildman–Crippen LogP) is 3.41. The number of halogens is 3. The van der Waals surface area contributed by atoms with Gasteiger partial charge in [0.2, 0.25) is 0 Å². The molecule has 0 spiro atoms. The van der Waals surface area contributed by atoms with Crippen molar-refractivity contribution in [3.63, 3.8) is 0 Å². The summed E-state index contributed by atoms with van der Waals surface area (Å²) in [7, 11) is 0. The van der Waals surface area contributed by atoms with E-state index in [0.717, 1.165) is 12.0 Å². The quantitative estimate of drug-likeness (QED) is 0.791. The molecule has 1 nitrogen and oxygen atoms in total. The summed E-state index contributed by atoms with van der Waals surface area (Å²) in [4.78, 5) is 0. The van der Waals surface area contributed by atoms with Gasteiger partial charge >= 0.3 is 6.61 Å². The first-order valence-electron chi connectivity index (χ1n) is 3.97. The fourth-order valence-electron chi connectivity index (χ4n) is 1.02. The van der Waals surface area contributed by atoms with Gasteiger partial charge in [0, 0.05) is 0 Å². The Morgan fingerprint density at radius 3 is 2.64 bits per heavy atom. The summed E-state index contributed by atoms with van der Waals surface area (Å²) < 4.78 is 27.9. The van der Waals surface area contributed by atoms with Crippen LogP contribution in [0.2, 0.25) is 5.02 Å². The highest BCUT2D eigenvalue weighted by atomic mass is 35.5. The van der Waals surface area contributed by atoms with Crippen molar-refractivity contribution >= 4 is 24.2 Å². The summed E-state index contributed by atoms with van der Waals surface area (Å²) in [6, 6.07) is 4.74. The molecule has 0 amide bonds. The minimum atomic E-state index is -2.84. The van der Waals surface area contributed by atoms with Gasteiger partial charge in [0.1, 0.15) is 5.75 Å². The number of rotatable bonds is 4. The lowest BCUT2D eigenvalue weighted by atomic mass is 10.2. The van der Waals surface area contributed by atoms with E-state index < -0.39 is 6.61 Å². The molecule has 78 valence electrons. The molecule has 0 aliphatic carbocycles. The summed E-state index contributed by atoms with van der Waals surface area (Å²) in [6.07, 6.45) is 0.748. The molecule has 0 N–H and O–H groups in total. The number of ether oxygens (including phenoxy) is 1. The molecule has 14 heavy (non-hydrogen) atoms. The van der Waals surface area contributed by atoms with Crippen LogP contribution in [-0.2, 0) is 6.42 Å². The molecule has 5 heteroatoms. The van der Waals surface area contributed by atoms with E-state index in [2.05, 4.69) is 17.4 Å². The number of benzene rings is 1. The second kappa shape index (κ2) is 5.41. The van der Waals surface area contributed by atoms with E-state index >= 15 is 0 Å². The lowest BCUT2D eigenvalue weighted by Gasteiger charge is -2.07. The maximum Gasteiger partial charge on any atom is 0.387 e. The first-order valence-corrected chi connectivity index (χ1v) is 4.98. The highest BCUT2D eigenvalue weighted by molar-refractivity contribution is 7.80. The molecule has 0 aliphatic rings. The Morgan fingerprint density at radius 2 is 2.14 bits per heavy atom. The van der Waals surface area contributed by atoms with Crippen LogP contribution in [-0.4, -0.2) is 12.4 Å². The van der Waals surface area contributed by atoms with Crippen molar-refractivity contribution in [2.24, 2.45) is 0 Å². The van der Waals surface area contributed by atoms with E-state index in [0.29, 0.717) is 5.75 Å². The van der Waals surface area contributed by atoms with Crippen LogP contribution >= 0.6 is 24.2 Å². The van der Waals surface area contributed by atoms with E-state index in [4.69, 9.17) is 11.6 Å². The molecule has 1 rings (SSSR count). The topological polar surface area (TPSA) is 9.23 Å². The molecule has 1 aromatic carbocycles. The fraction of sp³-hybridized carbons (Fsp3) is 0.333. The number of hydrogen-bond donors (Lipinski definition) is 1. The van der Waals surface area contributed by atoms with Gasteiger partial charge in [0.15, 0.2) is 0 Å². The van der Waals surface area contributed by atoms with E-state index in [1.807, 2.05) is 0 Å². The number of alkyl halides is 2. The van der Waals surface area contributed by atoms with E-state index in [-0.39, 0.29) is 10.8 Å². The molecular weight excluding hydrogens is 230 g/mol. The van der Waals surface area contributed by atoms with Crippen LogP contribution in [0.1, 0.15) is 5.56 Å². The van der Waals surface area contributed by atoms with Gasteiger partial charge in [-0.15, -0.1) is 0 Å². The largest absolute Gasteiger partial charge is 0.433 e. The van der Waals surface area contributed by atoms with Gasteiger partial charge in [-0.25, -0.2) is 0 Å². The number of aryl methyl sites for hydroxylation is 1. The van der Waals surface area contributed by atoms with Crippen LogP contribution in [0.25, 0.3) is 0 Å². The van der Waals surface area contributed by atoms with Gasteiger partial charge in [0.25, 0.3) is 0 Å². The van der Waals surface area contributed by atoms with Crippen molar-refractivity contribution in [3.05, 3.63) is 28.8 Å². The van der Waals surface area contributed by atoms with Gasteiger partial charge in [-0.2, -0.15) is 21.4 Å². The fourth-order valence-corrected chi connectivity index (χ4v) is 1.53. The predicted molar refractivity (Wildman–Crippen MR) is 55.6 cm³/mol. The Labute approximate surface area is 91.4 Å². The summed E-state index contributed by atoms with van der Waals surface area (Å²) in [5, 5.41) is 0.199. The maximum absolute atomic E-state index is 11.9. The third-order valence-electron chi connectivity index (χ3n) is 1.61. The van der Waals surface area contributed by atoms with Gasteiger partial charge in [-0.05, 0) is 29.9 Å². The SMILES string of the molecule is FC(F)Oc1ccc(CCS)cc1Cl. The van der Waals surface area contributed by atoms with Gasteiger partial charge in [-0.1, -0.05) is 17.7 Å². The average Bonchev–Trinajstić information content (AvgIpc) is 2.10. The third-order valence-corrected chi connectivity index (χ3v) is 2.13. The molecule has 1 aromatic rings. The zero-order valence-electron chi connectivity index (χ0n) is 7.21. The number of hydrogen-bond acceptors (Lipinski definition) is 2. The second-order valence-corrected chi connectivity index (χ2v) is 3.47. The monoisotopic (exact) mass is 238 g/mol. The van der Waals surface area contributed by atoms with Gasteiger partial charge in [-0.3, -0.25) is 0 Å². The van der Waals surface area contributed by atoms with Crippen LogP contribution in [0.3, 0.4) is 0 Å². The van der Waals surface area contributed by atoms with Crippen molar-refractivity contribution in [1.82, 2.24) is 0 Å². The van der Waals surface area contributed by atoms with Crippen molar-refractivity contribution in [1.29, 1.82) is 0 Å². The lowest BCUT2D eigenvalue weighted by molar-refractivity contribution is -0.0497. The molecule has 0 fully saturated rings. The highest BCUT2D eigenvalue weighted by Crippen LogP contribution is 2.27. The van der Waals surface area contributed by atoms with Crippen LogP contribution in [0, 0.1) is 0 Å². The summed E-state index contributed by atoms with van der Waals surface area (Å²) >= 11 is 9.78. The minimum absolute atomic E-state index is 0.00424. The van der Waals surface area contributed by atoms with Crippen LogP contribution < -0.4 is 4.74 Å². The van der Waals surface area contributed by atoms with Gasteiger partial charge < -0.3 is 4.74 Å².